The molecule has 1 N–H and O–H groups in total. The molecule has 2 aromatic rings. The van der Waals surface area contributed by atoms with Crippen molar-refractivity contribution in [3.63, 3.8) is 0 Å². The van der Waals surface area contributed by atoms with E-state index in [1.54, 1.807) is 7.11 Å². The maximum Gasteiger partial charge on any atom is 0.318 e. The average Bonchev–Trinajstić information content (AvgIpc) is 2.88. The fourth-order valence-electron chi connectivity index (χ4n) is 4.83. The first-order chi connectivity index (χ1) is 16.0. The molecule has 33 heavy (non-hydrogen) atoms. The lowest BCUT2D eigenvalue weighted by molar-refractivity contribution is -0.138. The van der Waals surface area contributed by atoms with Gasteiger partial charge in [-0.25, -0.2) is 4.79 Å². The van der Waals surface area contributed by atoms with Gasteiger partial charge >= 0.3 is 6.03 Å². The fraction of sp³-hybridized carbons (Fsp3) is 0.481. The van der Waals surface area contributed by atoms with Crippen LogP contribution in [0.15, 0.2) is 54.6 Å². The Morgan fingerprint density at radius 1 is 0.848 bits per heavy atom. The zero-order valence-corrected chi connectivity index (χ0v) is 19.7. The zero-order chi connectivity index (χ0) is 23.2. The van der Waals surface area contributed by atoms with Gasteiger partial charge < -0.3 is 19.9 Å². The van der Waals surface area contributed by atoms with Crippen LogP contribution in [0.25, 0.3) is 0 Å². The Kier molecular flexibility index (Phi) is 7.53. The summed E-state index contributed by atoms with van der Waals surface area (Å²) in [5.74, 6) is 1.81. The second kappa shape index (κ2) is 10.7. The maximum absolute atomic E-state index is 13.2. The summed E-state index contributed by atoms with van der Waals surface area (Å²) in [5.41, 5.74) is 2.03. The number of piperidine rings is 2. The van der Waals surface area contributed by atoms with Gasteiger partial charge in [-0.2, -0.15) is 0 Å². The van der Waals surface area contributed by atoms with E-state index in [4.69, 9.17) is 4.74 Å². The number of rotatable bonds is 5. The number of hydrogen-bond donors (Lipinski definition) is 1. The van der Waals surface area contributed by atoms with E-state index in [9.17, 15) is 9.59 Å². The van der Waals surface area contributed by atoms with E-state index in [0.29, 0.717) is 19.0 Å². The highest BCUT2D eigenvalue weighted by atomic mass is 16.5. The van der Waals surface area contributed by atoms with Crippen LogP contribution >= 0.6 is 0 Å². The SMILES string of the molecule is COc1ccc(C(NC(=O)N2CCC(C(=O)N3CCC(C)CC3)CC2)c2ccccc2)cc1. The normalized spacial score (nSPS) is 18.6. The molecule has 0 saturated carbocycles. The van der Waals surface area contributed by atoms with Crippen molar-refractivity contribution in [2.75, 3.05) is 33.3 Å². The van der Waals surface area contributed by atoms with Crippen LogP contribution in [0.3, 0.4) is 0 Å². The number of carbonyl (C=O) groups is 2. The van der Waals surface area contributed by atoms with Crippen molar-refractivity contribution in [3.8, 4) is 5.75 Å². The van der Waals surface area contributed by atoms with E-state index in [0.717, 1.165) is 55.6 Å². The number of ether oxygens (including phenoxy) is 1. The van der Waals surface area contributed by atoms with Gasteiger partial charge in [0.25, 0.3) is 0 Å². The van der Waals surface area contributed by atoms with E-state index in [1.807, 2.05) is 64.4 Å². The van der Waals surface area contributed by atoms with Crippen molar-refractivity contribution in [1.29, 1.82) is 0 Å². The van der Waals surface area contributed by atoms with E-state index in [-0.39, 0.29) is 23.9 Å². The van der Waals surface area contributed by atoms with E-state index < -0.39 is 0 Å². The van der Waals surface area contributed by atoms with Gasteiger partial charge in [0.1, 0.15) is 5.75 Å². The molecule has 3 amide bonds. The summed E-state index contributed by atoms with van der Waals surface area (Å²) in [4.78, 5) is 30.0. The predicted molar refractivity (Wildman–Crippen MR) is 129 cm³/mol. The van der Waals surface area contributed by atoms with Crippen molar-refractivity contribution in [2.45, 2.75) is 38.6 Å². The minimum atomic E-state index is -0.251. The summed E-state index contributed by atoms with van der Waals surface area (Å²) in [5, 5.41) is 3.22. The van der Waals surface area contributed by atoms with Gasteiger partial charge in [-0.05, 0) is 54.9 Å². The van der Waals surface area contributed by atoms with Crippen LogP contribution in [-0.2, 0) is 4.79 Å². The molecule has 176 valence electrons. The molecule has 2 saturated heterocycles. The monoisotopic (exact) mass is 449 g/mol. The van der Waals surface area contributed by atoms with Crippen LogP contribution in [-0.4, -0.2) is 55.0 Å². The third-order valence-corrected chi connectivity index (χ3v) is 7.08. The molecule has 0 bridgehead atoms. The number of amides is 3. The number of urea groups is 1. The summed E-state index contributed by atoms with van der Waals surface area (Å²) in [6.45, 7) is 5.23. The van der Waals surface area contributed by atoms with Gasteiger partial charge in [0.05, 0.1) is 13.2 Å². The molecule has 6 heteroatoms. The maximum atomic E-state index is 13.2. The summed E-state index contributed by atoms with van der Waals surface area (Å²) < 4.78 is 5.28. The first-order valence-corrected chi connectivity index (χ1v) is 12.1. The van der Waals surface area contributed by atoms with Crippen molar-refractivity contribution in [3.05, 3.63) is 65.7 Å². The van der Waals surface area contributed by atoms with Gasteiger partial charge in [0.15, 0.2) is 0 Å². The summed E-state index contributed by atoms with van der Waals surface area (Å²) in [6, 6.07) is 17.5. The number of benzene rings is 2. The highest BCUT2D eigenvalue weighted by Gasteiger charge is 2.32. The van der Waals surface area contributed by atoms with Gasteiger partial charge in [-0.15, -0.1) is 0 Å². The number of nitrogens with one attached hydrogen (secondary N) is 1. The van der Waals surface area contributed by atoms with E-state index in [2.05, 4.69) is 12.2 Å². The smallest absolute Gasteiger partial charge is 0.318 e. The Morgan fingerprint density at radius 2 is 1.42 bits per heavy atom. The lowest BCUT2D eigenvalue weighted by Crippen LogP contribution is -2.49. The quantitative estimate of drug-likeness (QED) is 0.733. The summed E-state index contributed by atoms with van der Waals surface area (Å²) in [6.07, 6.45) is 3.66. The molecule has 1 unspecified atom stereocenters. The Morgan fingerprint density at radius 3 is 2.03 bits per heavy atom. The first-order valence-electron chi connectivity index (χ1n) is 12.1. The largest absolute Gasteiger partial charge is 0.497 e. The molecule has 2 fully saturated rings. The molecule has 0 aliphatic carbocycles. The Bertz CT molecular complexity index is 915. The number of methoxy groups -OCH3 is 1. The Balaban J connectivity index is 1.38. The molecule has 2 aliphatic heterocycles. The van der Waals surface area contributed by atoms with Crippen LogP contribution < -0.4 is 10.1 Å². The minimum absolute atomic E-state index is 0.0361. The van der Waals surface area contributed by atoms with Gasteiger partial charge in [-0.1, -0.05) is 49.4 Å². The van der Waals surface area contributed by atoms with Crippen molar-refractivity contribution < 1.29 is 14.3 Å². The molecule has 1 atom stereocenters. The molecule has 0 radical (unpaired) electrons. The number of carbonyl (C=O) groups excluding carboxylic acids is 2. The minimum Gasteiger partial charge on any atom is -0.497 e. The molecule has 2 aliphatic rings. The molecule has 0 aromatic heterocycles. The predicted octanol–water partition coefficient (Wildman–Crippen LogP) is 4.46. The average molecular weight is 450 g/mol. The van der Waals surface area contributed by atoms with Gasteiger partial charge in [-0.3, -0.25) is 4.79 Å². The van der Waals surface area contributed by atoms with Gasteiger partial charge in [0.2, 0.25) is 5.91 Å². The molecule has 6 nitrogen and oxygen atoms in total. The lowest BCUT2D eigenvalue weighted by Gasteiger charge is -2.37. The standard InChI is InChI=1S/C27H35N3O3/c1-20-12-16-29(17-13-20)26(31)23-14-18-30(19-15-23)27(32)28-25(21-6-4-3-5-7-21)22-8-10-24(33-2)11-9-22/h3-11,20,23,25H,12-19H2,1-2H3,(H,28,32). The first kappa shape index (κ1) is 23.1. The molecule has 4 rings (SSSR count). The third kappa shape index (κ3) is 5.67. The molecule has 0 spiro atoms. The number of hydrogen-bond acceptors (Lipinski definition) is 3. The van der Waals surface area contributed by atoms with Crippen molar-refractivity contribution in [1.82, 2.24) is 15.1 Å². The number of likely N-dealkylation sites (tertiary alicyclic amines) is 2. The Hall–Kier alpha value is -3.02. The Labute approximate surface area is 196 Å². The molecule has 2 heterocycles. The highest BCUT2D eigenvalue weighted by molar-refractivity contribution is 5.80. The second-order valence-electron chi connectivity index (χ2n) is 9.34. The van der Waals surface area contributed by atoms with Crippen molar-refractivity contribution >= 4 is 11.9 Å². The molecular formula is C27H35N3O3. The number of nitrogens with zero attached hydrogens (tertiary/aromatic N) is 2. The third-order valence-electron chi connectivity index (χ3n) is 7.08. The van der Waals surface area contributed by atoms with Crippen LogP contribution in [0.4, 0.5) is 4.79 Å². The van der Waals surface area contributed by atoms with Gasteiger partial charge in [0, 0.05) is 32.1 Å². The van der Waals surface area contributed by atoms with E-state index >= 15 is 0 Å². The second-order valence-corrected chi connectivity index (χ2v) is 9.34. The van der Waals surface area contributed by atoms with Crippen LogP contribution in [0.1, 0.15) is 49.8 Å². The molecule has 2 aromatic carbocycles. The summed E-state index contributed by atoms with van der Waals surface area (Å²) in [7, 11) is 1.64. The highest BCUT2D eigenvalue weighted by Crippen LogP contribution is 2.26. The van der Waals surface area contributed by atoms with Crippen LogP contribution in [0.5, 0.6) is 5.75 Å². The summed E-state index contributed by atoms with van der Waals surface area (Å²) >= 11 is 0. The molecular weight excluding hydrogens is 414 g/mol. The van der Waals surface area contributed by atoms with Crippen LogP contribution in [0, 0.1) is 11.8 Å². The zero-order valence-electron chi connectivity index (χ0n) is 19.7. The topological polar surface area (TPSA) is 61.9 Å². The van der Waals surface area contributed by atoms with Crippen molar-refractivity contribution in [2.24, 2.45) is 11.8 Å². The van der Waals surface area contributed by atoms with Crippen LogP contribution in [0.2, 0.25) is 0 Å². The lowest BCUT2D eigenvalue weighted by atomic mass is 9.93. The fourth-order valence-corrected chi connectivity index (χ4v) is 4.83. The van der Waals surface area contributed by atoms with E-state index in [1.165, 1.54) is 0 Å².